The fourth-order valence-corrected chi connectivity index (χ4v) is 3.16. The van der Waals surface area contributed by atoms with Crippen molar-refractivity contribution < 1.29 is 9.21 Å². The first-order valence-electron chi connectivity index (χ1n) is 7.77. The van der Waals surface area contributed by atoms with E-state index >= 15 is 0 Å². The van der Waals surface area contributed by atoms with E-state index in [2.05, 4.69) is 31.2 Å². The van der Waals surface area contributed by atoms with Crippen molar-refractivity contribution in [2.24, 2.45) is 0 Å². The summed E-state index contributed by atoms with van der Waals surface area (Å²) in [5, 5.41) is 3.53. The van der Waals surface area contributed by atoms with E-state index in [0.717, 1.165) is 10.0 Å². The van der Waals surface area contributed by atoms with Crippen LogP contribution in [0.5, 0.6) is 0 Å². The van der Waals surface area contributed by atoms with Gasteiger partial charge in [0.25, 0.3) is 5.91 Å². The third kappa shape index (κ3) is 3.83. The first-order chi connectivity index (χ1) is 13.0. The molecule has 134 valence electrons. The number of anilines is 1. The van der Waals surface area contributed by atoms with Crippen LogP contribution in [0.15, 0.2) is 63.7 Å². The maximum absolute atomic E-state index is 12.4. The Hall–Kier alpha value is -2.41. The van der Waals surface area contributed by atoms with E-state index in [9.17, 15) is 4.79 Å². The Bertz CT molecular complexity index is 1180. The van der Waals surface area contributed by atoms with Gasteiger partial charge in [-0.05, 0) is 58.4 Å². The fraction of sp³-hybridized carbons (Fsp3) is 0. The average molecular weight is 463 g/mol. The lowest BCUT2D eigenvalue weighted by molar-refractivity contribution is 0.102. The number of pyridine rings is 1. The molecule has 1 amide bonds. The van der Waals surface area contributed by atoms with Crippen LogP contribution in [0.3, 0.4) is 0 Å². The number of nitrogens with one attached hydrogen (secondary N) is 1. The van der Waals surface area contributed by atoms with Crippen molar-refractivity contribution in [1.82, 2.24) is 9.97 Å². The lowest BCUT2D eigenvalue weighted by Crippen LogP contribution is -2.11. The molecule has 0 saturated carbocycles. The monoisotopic (exact) mass is 461 g/mol. The van der Waals surface area contributed by atoms with Gasteiger partial charge in [0.2, 0.25) is 5.89 Å². The van der Waals surface area contributed by atoms with Crippen molar-refractivity contribution in [1.29, 1.82) is 0 Å². The molecule has 0 aliphatic heterocycles. The number of carbonyl (C=O) groups is 1. The van der Waals surface area contributed by atoms with Crippen LogP contribution in [0.2, 0.25) is 10.0 Å². The molecule has 0 unspecified atom stereocenters. The van der Waals surface area contributed by atoms with E-state index in [0.29, 0.717) is 38.3 Å². The van der Waals surface area contributed by atoms with Crippen LogP contribution < -0.4 is 5.32 Å². The van der Waals surface area contributed by atoms with E-state index < -0.39 is 0 Å². The zero-order chi connectivity index (χ0) is 19.0. The summed E-state index contributed by atoms with van der Waals surface area (Å²) in [5.41, 5.74) is 2.98. The minimum absolute atomic E-state index is 0.298. The Morgan fingerprint density at radius 1 is 1.04 bits per heavy atom. The predicted molar refractivity (Wildman–Crippen MR) is 109 cm³/mol. The molecule has 2 aromatic heterocycles. The van der Waals surface area contributed by atoms with Crippen LogP contribution in [0.25, 0.3) is 22.6 Å². The highest BCUT2D eigenvalue weighted by molar-refractivity contribution is 9.10. The van der Waals surface area contributed by atoms with Gasteiger partial charge in [-0.2, -0.15) is 0 Å². The summed E-state index contributed by atoms with van der Waals surface area (Å²) in [6.07, 6.45) is 3.35. The number of hydrogen-bond donors (Lipinski definition) is 1. The Labute approximate surface area is 172 Å². The number of halogens is 3. The van der Waals surface area contributed by atoms with Crippen molar-refractivity contribution >= 4 is 61.8 Å². The van der Waals surface area contributed by atoms with E-state index in [-0.39, 0.29) is 5.91 Å². The number of aromatic nitrogens is 2. The van der Waals surface area contributed by atoms with Gasteiger partial charge in [-0.3, -0.25) is 9.78 Å². The lowest BCUT2D eigenvalue weighted by atomic mass is 10.2. The standard InChI is InChI=1S/C19H10BrCl2N3O2/c20-12-5-11(8-23-9-12)19-25-16-7-13(2-4-17(16)27-19)24-18(26)10-1-3-14(21)15(22)6-10/h1-9H,(H,24,26). The van der Waals surface area contributed by atoms with Gasteiger partial charge in [0.1, 0.15) is 5.52 Å². The minimum Gasteiger partial charge on any atom is -0.436 e. The topological polar surface area (TPSA) is 68.0 Å². The third-order valence-corrected chi connectivity index (χ3v) is 4.95. The molecule has 0 radical (unpaired) electrons. The Balaban J connectivity index is 1.61. The van der Waals surface area contributed by atoms with Crippen LogP contribution in [0, 0.1) is 0 Å². The maximum atomic E-state index is 12.4. The largest absolute Gasteiger partial charge is 0.436 e. The van der Waals surface area contributed by atoms with Crippen molar-refractivity contribution in [2.75, 3.05) is 5.32 Å². The summed E-state index contributed by atoms with van der Waals surface area (Å²) < 4.78 is 6.60. The van der Waals surface area contributed by atoms with Crippen LogP contribution in [-0.2, 0) is 0 Å². The van der Waals surface area contributed by atoms with E-state index in [1.165, 1.54) is 6.07 Å². The summed E-state index contributed by atoms with van der Waals surface area (Å²) >= 11 is 15.2. The molecular formula is C19H10BrCl2N3O2. The molecule has 0 aliphatic rings. The average Bonchev–Trinajstić information content (AvgIpc) is 3.07. The molecule has 27 heavy (non-hydrogen) atoms. The van der Waals surface area contributed by atoms with E-state index in [1.54, 1.807) is 42.7 Å². The summed E-state index contributed by atoms with van der Waals surface area (Å²) in [7, 11) is 0. The first kappa shape index (κ1) is 18.0. The van der Waals surface area contributed by atoms with Gasteiger partial charge in [0.15, 0.2) is 5.58 Å². The number of amides is 1. The van der Waals surface area contributed by atoms with Crippen LogP contribution >= 0.6 is 39.1 Å². The molecule has 0 bridgehead atoms. The van der Waals surface area contributed by atoms with Crippen molar-refractivity contribution in [2.45, 2.75) is 0 Å². The highest BCUT2D eigenvalue weighted by Gasteiger charge is 2.12. The quantitative estimate of drug-likeness (QED) is 0.392. The number of rotatable bonds is 3. The number of fused-ring (bicyclic) bond motifs is 1. The molecule has 0 saturated heterocycles. The van der Waals surface area contributed by atoms with Gasteiger partial charge in [-0.15, -0.1) is 0 Å². The van der Waals surface area contributed by atoms with Gasteiger partial charge in [-0.1, -0.05) is 23.2 Å². The zero-order valence-electron chi connectivity index (χ0n) is 13.5. The number of oxazole rings is 1. The molecule has 0 spiro atoms. The molecule has 0 aliphatic carbocycles. The molecule has 8 heteroatoms. The fourth-order valence-electron chi connectivity index (χ4n) is 2.50. The zero-order valence-corrected chi connectivity index (χ0v) is 16.6. The molecular weight excluding hydrogens is 453 g/mol. The van der Waals surface area contributed by atoms with Crippen LogP contribution in [0.4, 0.5) is 5.69 Å². The Morgan fingerprint density at radius 3 is 2.67 bits per heavy atom. The maximum Gasteiger partial charge on any atom is 0.255 e. The predicted octanol–water partition coefficient (Wildman–Crippen LogP) is 6.21. The van der Waals surface area contributed by atoms with Crippen LogP contribution in [-0.4, -0.2) is 15.9 Å². The molecule has 2 aromatic carbocycles. The number of benzene rings is 2. The summed E-state index contributed by atoms with van der Waals surface area (Å²) in [6, 6.07) is 11.8. The normalized spacial score (nSPS) is 10.9. The molecule has 0 fully saturated rings. The van der Waals surface area contributed by atoms with Gasteiger partial charge in [0.05, 0.1) is 15.6 Å². The van der Waals surface area contributed by atoms with Gasteiger partial charge < -0.3 is 9.73 Å². The highest BCUT2D eigenvalue weighted by atomic mass is 79.9. The summed E-state index contributed by atoms with van der Waals surface area (Å²) in [5.74, 6) is 0.152. The van der Waals surface area contributed by atoms with Crippen molar-refractivity contribution in [3.8, 4) is 11.5 Å². The van der Waals surface area contributed by atoms with Gasteiger partial charge >= 0.3 is 0 Å². The van der Waals surface area contributed by atoms with E-state index in [4.69, 9.17) is 27.6 Å². The second-order valence-corrected chi connectivity index (χ2v) is 7.41. The molecule has 4 aromatic rings. The minimum atomic E-state index is -0.298. The third-order valence-electron chi connectivity index (χ3n) is 3.78. The summed E-state index contributed by atoms with van der Waals surface area (Å²) in [6.45, 7) is 0. The van der Waals surface area contributed by atoms with Gasteiger partial charge in [0, 0.05) is 28.1 Å². The highest BCUT2D eigenvalue weighted by Crippen LogP contribution is 2.28. The van der Waals surface area contributed by atoms with Crippen LogP contribution in [0.1, 0.15) is 10.4 Å². The molecule has 2 heterocycles. The van der Waals surface area contributed by atoms with Gasteiger partial charge in [-0.25, -0.2) is 4.98 Å². The molecule has 0 atom stereocenters. The Morgan fingerprint density at radius 2 is 1.89 bits per heavy atom. The van der Waals surface area contributed by atoms with Crippen molar-refractivity contribution in [3.63, 3.8) is 0 Å². The molecule has 4 rings (SSSR count). The molecule has 5 nitrogen and oxygen atoms in total. The number of carbonyl (C=O) groups excluding carboxylic acids is 1. The summed E-state index contributed by atoms with van der Waals surface area (Å²) in [4.78, 5) is 21.0. The Kier molecular flexibility index (Phi) is 4.86. The molecule has 1 N–H and O–H groups in total. The number of hydrogen-bond acceptors (Lipinski definition) is 4. The smallest absolute Gasteiger partial charge is 0.255 e. The second-order valence-electron chi connectivity index (χ2n) is 5.68. The SMILES string of the molecule is O=C(Nc1ccc2oc(-c3cncc(Br)c3)nc2c1)c1ccc(Cl)c(Cl)c1. The van der Waals surface area contributed by atoms with Crippen molar-refractivity contribution in [3.05, 3.63) is 74.9 Å². The first-order valence-corrected chi connectivity index (χ1v) is 9.32. The second kappa shape index (κ2) is 7.31. The number of nitrogens with zero attached hydrogens (tertiary/aromatic N) is 2. The van der Waals surface area contributed by atoms with E-state index in [1.807, 2.05) is 6.07 Å². The lowest BCUT2D eigenvalue weighted by Gasteiger charge is -2.06.